The van der Waals surface area contributed by atoms with Crippen molar-refractivity contribution in [2.75, 3.05) is 4.90 Å². The summed E-state index contributed by atoms with van der Waals surface area (Å²) in [6, 6.07) is 3.77. The topological polar surface area (TPSA) is 80.5 Å². The van der Waals surface area contributed by atoms with Gasteiger partial charge in [0.2, 0.25) is 0 Å². The SMILES string of the molecule is CC1=CC(=O)N(c2ccc(Cl)c([N+](=O)[O-])c2)C1=O. The van der Waals surface area contributed by atoms with E-state index >= 15 is 0 Å². The van der Waals surface area contributed by atoms with Crippen LogP contribution < -0.4 is 4.90 Å². The van der Waals surface area contributed by atoms with E-state index < -0.39 is 16.7 Å². The molecular formula is C11H7ClN2O4. The second kappa shape index (κ2) is 4.23. The lowest BCUT2D eigenvalue weighted by Gasteiger charge is -2.14. The number of nitrogens with zero attached hydrogens (tertiary/aromatic N) is 2. The Morgan fingerprint density at radius 1 is 1.33 bits per heavy atom. The number of carbonyl (C=O) groups is 2. The highest BCUT2D eigenvalue weighted by Gasteiger charge is 2.31. The first kappa shape index (κ1) is 12.3. The van der Waals surface area contributed by atoms with Crippen LogP contribution in [-0.4, -0.2) is 16.7 Å². The predicted octanol–water partition coefficient (Wildman–Crippen LogP) is 2.07. The van der Waals surface area contributed by atoms with Crippen molar-refractivity contribution in [1.82, 2.24) is 0 Å². The number of amides is 2. The smallest absolute Gasteiger partial charge is 0.269 e. The first-order chi connectivity index (χ1) is 8.41. The first-order valence-corrected chi connectivity index (χ1v) is 5.30. The summed E-state index contributed by atoms with van der Waals surface area (Å²) in [4.78, 5) is 34.2. The predicted molar refractivity (Wildman–Crippen MR) is 64.4 cm³/mol. The highest BCUT2D eigenvalue weighted by atomic mass is 35.5. The van der Waals surface area contributed by atoms with Crippen molar-refractivity contribution in [3.8, 4) is 0 Å². The number of anilines is 1. The minimum absolute atomic E-state index is 0.0486. The van der Waals surface area contributed by atoms with Gasteiger partial charge in [0.1, 0.15) is 5.02 Å². The van der Waals surface area contributed by atoms with E-state index in [1.54, 1.807) is 0 Å². The number of benzene rings is 1. The fraction of sp³-hybridized carbons (Fsp3) is 0.0909. The highest BCUT2D eigenvalue weighted by Crippen LogP contribution is 2.31. The average molecular weight is 267 g/mol. The summed E-state index contributed by atoms with van der Waals surface area (Å²) in [6.45, 7) is 1.50. The van der Waals surface area contributed by atoms with Crippen molar-refractivity contribution in [2.24, 2.45) is 0 Å². The third kappa shape index (κ3) is 1.86. The lowest BCUT2D eigenvalue weighted by atomic mass is 10.2. The van der Waals surface area contributed by atoms with E-state index in [0.717, 1.165) is 11.0 Å². The van der Waals surface area contributed by atoms with Crippen molar-refractivity contribution in [3.63, 3.8) is 0 Å². The van der Waals surface area contributed by atoms with Crippen molar-refractivity contribution < 1.29 is 14.5 Å². The summed E-state index contributed by atoms with van der Waals surface area (Å²) >= 11 is 5.66. The fourth-order valence-corrected chi connectivity index (χ4v) is 1.80. The molecule has 0 radical (unpaired) electrons. The van der Waals surface area contributed by atoms with Crippen LogP contribution in [0.25, 0.3) is 0 Å². The molecule has 0 bridgehead atoms. The van der Waals surface area contributed by atoms with Gasteiger partial charge < -0.3 is 0 Å². The number of hydrogen-bond donors (Lipinski definition) is 0. The molecule has 6 nitrogen and oxygen atoms in total. The Hall–Kier alpha value is -2.21. The molecule has 1 aliphatic heterocycles. The molecule has 0 saturated carbocycles. The molecule has 1 heterocycles. The van der Waals surface area contributed by atoms with E-state index in [2.05, 4.69) is 0 Å². The van der Waals surface area contributed by atoms with E-state index in [0.29, 0.717) is 0 Å². The standard InChI is InChI=1S/C11H7ClN2O4/c1-6-4-10(15)13(11(6)16)7-2-3-8(12)9(5-7)14(17)18/h2-5H,1H3. The summed E-state index contributed by atoms with van der Waals surface area (Å²) in [6.07, 6.45) is 1.18. The summed E-state index contributed by atoms with van der Waals surface area (Å²) in [5.41, 5.74) is 0.0751. The molecule has 0 N–H and O–H groups in total. The van der Waals surface area contributed by atoms with Crippen LogP contribution in [0.5, 0.6) is 0 Å². The number of hydrogen-bond acceptors (Lipinski definition) is 4. The molecule has 0 saturated heterocycles. The molecule has 0 fully saturated rings. The van der Waals surface area contributed by atoms with Gasteiger partial charge in [0.05, 0.1) is 10.6 Å². The fourth-order valence-electron chi connectivity index (χ4n) is 1.61. The zero-order valence-corrected chi connectivity index (χ0v) is 9.97. The second-order valence-corrected chi connectivity index (χ2v) is 4.11. The Labute approximate surface area is 107 Å². The Morgan fingerprint density at radius 2 is 2.00 bits per heavy atom. The van der Waals surface area contributed by atoms with Crippen molar-refractivity contribution in [3.05, 3.63) is 45.0 Å². The molecule has 0 aliphatic carbocycles. The summed E-state index contributed by atoms with van der Waals surface area (Å²) in [5.74, 6) is -1.01. The summed E-state index contributed by atoms with van der Waals surface area (Å²) < 4.78 is 0. The minimum atomic E-state index is -0.670. The molecule has 18 heavy (non-hydrogen) atoms. The van der Waals surface area contributed by atoms with Crippen LogP contribution in [0.15, 0.2) is 29.8 Å². The van der Waals surface area contributed by atoms with Crippen LogP contribution in [0.2, 0.25) is 5.02 Å². The van der Waals surface area contributed by atoms with Crippen LogP contribution in [-0.2, 0) is 9.59 Å². The zero-order valence-electron chi connectivity index (χ0n) is 9.21. The van der Waals surface area contributed by atoms with Gasteiger partial charge in [-0.1, -0.05) is 11.6 Å². The normalized spacial score (nSPS) is 15.0. The van der Waals surface area contributed by atoms with Crippen molar-refractivity contribution in [1.29, 1.82) is 0 Å². The van der Waals surface area contributed by atoms with Gasteiger partial charge in [0.25, 0.3) is 17.5 Å². The quantitative estimate of drug-likeness (QED) is 0.466. The lowest BCUT2D eigenvalue weighted by Crippen LogP contribution is -2.30. The van der Waals surface area contributed by atoms with E-state index in [1.165, 1.54) is 25.1 Å². The van der Waals surface area contributed by atoms with E-state index in [1.807, 2.05) is 0 Å². The van der Waals surface area contributed by atoms with E-state index in [-0.39, 0.29) is 22.0 Å². The molecule has 1 aliphatic rings. The number of imide groups is 1. The second-order valence-electron chi connectivity index (χ2n) is 3.70. The van der Waals surface area contributed by atoms with Gasteiger partial charge in [-0.3, -0.25) is 19.7 Å². The Balaban J connectivity index is 2.48. The number of nitro benzene ring substituents is 1. The third-order valence-corrected chi connectivity index (χ3v) is 2.81. The van der Waals surface area contributed by atoms with Gasteiger partial charge in [-0.15, -0.1) is 0 Å². The van der Waals surface area contributed by atoms with Crippen LogP contribution >= 0.6 is 11.6 Å². The van der Waals surface area contributed by atoms with E-state index in [4.69, 9.17) is 11.6 Å². The monoisotopic (exact) mass is 266 g/mol. The summed E-state index contributed by atoms with van der Waals surface area (Å²) in [7, 11) is 0. The average Bonchev–Trinajstić information content (AvgIpc) is 2.54. The van der Waals surface area contributed by atoms with Crippen LogP contribution in [0.3, 0.4) is 0 Å². The molecule has 0 spiro atoms. The minimum Gasteiger partial charge on any atom is -0.269 e. The third-order valence-electron chi connectivity index (χ3n) is 2.49. The Kier molecular flexibility index (Phi) is 2.88. The lowest BCUT2D eigenvalue weighted by molar-refractivity contribution is -0.384. The molecule has 7 heteroatoms. The molecule has 1 aromatic rings. The highest BCUT2D eigenvalue weighted by molar-refractivity contribution is 6.33. The number of carbonyl (C=O) groups excluding carboxylic acids is 2. The van der Waals surface area contributed by atoms with Crippen LogP contribution in [0.1, 0.15) is 6.92 Å². The molecule has 0 atom stereocenters. The maximum Gasteiger partial charge on any atom is 0.289 e. The largest absolute Gasteiger partial charge is 0.289 e. The number of nitro groups is 1. The van der Waals surface area contributed by atoms with Gasteiger partial charge in [-0.2, -0.15) is 0 Å². The maximum atomic E-state index is 11.7. The number of rotatable bonds is 2. The Bertz CT molecular complexity index is 609. The van der Waals surface area contributed by atoms with Crippen molar-refractivity contribution >= 4 is 34.8 Å². The van der Waals surface area contributed by atoms with Gasteiger partial charge in [-0.05, 0) is 19.1 Å². The van der Waals surface area contributed by atoms with E-state index in [9.17, 15) is 19.7 Å². The molecule has 92 valence electrons. The molecule has 2 rings (SSSR count). The van der Waals surface area contributed by atoms with Crippen molar-refractivity contribution in [2.45, 2.75) is 6.92 Å². The van der Waals surface area contributed by atoms with Gasteiger partial charge >= 0.3 is 0 Å². The van der Waals surface area contributed by atoms with Crippen LogP contribution in [0, 0.1) is 10.1 Å². The molecular weight excluding hydrogens is 260 g/mol. The first-order valence-electron chi connectivity index (χ1n) is 4.92. The number of halogens is 1. The maximum absolute atomic E-state index is 11.7. The molecule has 0 aromatic heterocycles. The van der Waals surface area contributed by atoms with Gasteiger partial charge in [0.15, 0.2) is 0 Å². The molecule has 1 aromatic carbocycles. The summed E-state index contributed by atoms with van der Waals surface area (Å²) in [5, 5.41) is 10.7. The molecule has 2 amide bonds. The Morgan fingerprint density at radius 3 is 2.50 bits per heavy atom. The van der Waals surface area contributed by atoms with Crippen LogP contribution in [0.4, 0.5) is 11.4 Å². The molecule has 0 unspecified atom stereocenters. The zero-order chi connectivity index (χ0) is 13.4. The van der Waals surface area contributed by atoms with Gasteiger partial charge in [-0.25, -0.2) is 4.90 Å². The van der Waals surface area contributed by atoms with Gasteiger partial charge in [0, 0.05) is 17.7 Å².